The zero-order valence-corrected chi connectivity index (χ0v) is 5.56. The molecule has 0 saturated heterocycles. The maximum Gasteiger partial charge on any atom is 0.137 e. The quantitative estimate of drug-likeness (QED) is 0.467. The first-order valence-electron chi connectivity index (χ1n) is 2.82. The summed E-state index contributed by atoms with van der Waals surface area (Å²) in [6.45, 7) is 6.05. The van der Waals surface area contributed by atoms with Crippen LogP contribution in [-0.2, 0) is 4.84 Å². The van der Waals surface area contributed by atoms with Crippen molar-refractivity contribution in [3.8, 4) is 0 Å². The Labute approximate surface area is 49.5 Å². The van der Waals surface area contributed by atoms with Gasteiger partial charge in [0.25, 0.3) is 0 Å². The van der Waals surface area contributed by atoms with Crippen molar-refractivity contribution < 1.29 is 4.84 Å². The molecule has 1 rings (SSSR count). The van der Waals surface area contributed by atoms with Gasteiger partial charge in [-0.2, -0.15) is 0 Å². The van der Waals surface area contributed by atoms with Crippen LogP contribution < -0.4 is 0 Å². The fourth-order valence-corrected chi connectivity index (χ4v) is 0.882. The predicted octanol–water partition coefficient (Wildman–Crippen LogP) is 1.56. The van der Waals surface area contributed by atoms with E-state index in [9.17, 15) is 0 Å². The Morgan fingerprint density at radius 1 is 1.62 bits per heavy atom. The number of rotatable bonds is 0. The van der Waals surface area contributed by atoms with Gasteiger partial charge in [-0.15, -0.1) is 0 Å². The fourth-order valence-electron chi connectivity index (χ4n) is 0.882. The van der Waals surface area contributed by atoms with Crippen LogP contribution >= 0.6 is 0 Å². The van der Waals surface area contributed by atoms with Gasteiger partial charge in [0.1, 0.15) is 5.60 Å². The van der Waals surface area contributed by atoms with E-state index < -0.39 is 0 Å². The van der Waals surface area contributed by atoms with Gasteiger partial charge in [0.2, 0.25) is 0 Å². The van der Waals surface area contributed by atoms with E-state index in [0.29, 0.717) is 0 Å². The summed E-state index contributed by atoms with van der Waals surface area (Å²) in [6.07, 6.45) is 0.965. The molecule has 0 atom stereocenters. The molecule has 1 heterocycles. The highest BCUT2D eigenvalue weighted by Gasteiger charge is 2.25. The molecule has 8 heavy (non-hydrogen) atoms. The summed E-state index contributed by atoms with van der Waals surface area (Å²) < 4.78 is 0. The van der Waals surface area contributed by atoms with Crippen LogP contribution in [0.4, 0.5) is 0 Å². The monoisotopic (exact) mass is 113 g/mol. The smallest absolute Gasteiger partial charge is 0.137 e. The van der Waals surface area contributed by atoms with Crippen molar-refractivity contribution in [2.75, 3.05) is 0 Å². The minimum absolute atomic E-state index is 0.0376. The van der Waals surface area contributed by atoms with E-state index in [1.54, 1.807) is 0 Å². The molecule has 0 aromatic carbocycles. The van der Waals surface area contributed by atoms with E-state index in [4.69, 9.17) is 4.84 Å². The molecule has 46 valence electrons. The van der Waals surface area contributed by atoms with Crippen LogP contribution in [-0.4, -0.2) is 11.3 Å². The summed E-state index contributed by atoms with van der Waals surface area (Å²) in [5, 5.41) is 3.81. The lowest BCUT2D eigenvalue weighted by atomic mass is 10.0. The molecule has 0 aromatic heterocycles. The molecule has 0 bridgehead atoms. The van der Waals surface area contributed by atoms with Crippen LogP contribution in [0.2, 0.25) is 0 Å². The number of oxime groups is 1. The molecule has 1 aliphatic rings. The van der Waals surface area contributed by atoms with Gasteiger partial charge in [-0.3, -0.25) is 0 Å². The van der Waals surface area contributed by atoms with Crippen LogP contribution in [0.3, 0.4) is 0 Å². The van der Waals surface area contributed by atoms with Gasteiger partial charge in [-0.25, -0.2) is 0 Å². The summed E-state index contributed by atoms with van der Waals surface area (Å²) in [4.78, 5) is 5.04. The molecule has 0 aromatic rings. The minimum Gasteiger partial charge on any atom is -0.389 e. The normalized spacial score (nSPS) is 24.6. The van der Waals surface area contributed by atoms with Gasteiger partial charge >= 0.3 is 0 Å². The first-order valence-corrected chi connectivity index (χ1v) is 2.82. The maximum absolute atomic E-state index is 5.04. The maximum atomic E-state index is 5.04. The topological polar surface area (TPSA) is 21.6 Å². The molecule has 0 fully saturated rings. The third kappa shape index (κ3) is 0.997. The SMILES string of the molecule is CC1=NOC(C)(C)C1. The third-order valence-corrected chi connectivity index (χ3v) is 1.13. The zero-order chi connectivity index (χ0) is 6.20. The molecular formula is C6H11NO. The van der Waals surface area contributed by atoms with Crippen molar-refractivity contribution in [1.82, 2.24) is 0 Å². The van der Waals surface area contributed by atoms with E-state index in [0.717, 1.165) is 12.1 Å². The van der Waals surface area contributed by atoms with Crippen LogP contribution in [0.15, 0.2) is 5.16 Å². The van der Waals surface area contributed by atoms with Crippen molar-refractivity contribution in [2.45, 2.75) is 32.8 Å². The van der Waals surface area contributed by atoms with E-state index in [1.165, 1.54) is 0 Å². The second-order valence-electron chi connectivity index (χ2n) is 2.85. The Bertz CT molecular complexity index is 126. The molecular weight excluding hydrogens is 102 g/mol. The zero-order valence-electron chi connectivity index (χ0n) is 5.56. The molecule has 1 aliphatic heterocycles. The molecule has 2 heteroatoms. The molecule has 0 saturated carbocycles. The summed E-state index contributed by atoms with van der Waals surface area (Å²) in [7, 11) is 0. The second-order valence-corrected chi connectivity index (χ2v) is 2.85. The highest BCUT2D eigenvalue weighted by atomic mass is 16.7. The van der Waals surface area contributed by atoms with E-state index in [-0.39, 0.29) is 5.60 Å². The van der Waals surface area contributed by atoms with Crippen LogP contribution in [0.25, 0.3) is 0 Å². The second kappa shape index (κ2) is 1.47. The van der Waals surface area contributed by atoms with Gasteiger partial charge < -0.3 is 4.84 Å². The number of hydrogen-bond acceptors (Lipinski definition) is 2. The van der Waals surface area contributed by atoms with Gasteiger partial charge in [0.15, 0.2) is 0 Å². The average Bonchev–Trinajstić information content (AvgIpc) is 1.82. The van der Waals surface area contributed by atoms with E-state index >= 15 is 0 Å². The molecule has 2 nitrogen and oxygen atoms in total. The Hall–Kier alpha value is -0.530. The fraction of sp³-hybridized carbons (Fsp3) is 0.833. The van der Waals surface area contributed by atoms with Crippen LogP contribution in [0, 0.1) is 0 Å². The number of nitrogens with zero attached hydrogens (tertiary/aromatic N) is 1. The van der Waals surface area contributed by atoms with Crippen molar-refractivity contribution in [1.29, 1.82) is 0 Å². The molecule has 0 amide bonds. The van der Waals surface area contributed by atoms with Crippen molar-refractivity contribution in [3.05, 3.63) is 0 Å². The van der Waals surface area contributed by atoms with Crippen molar-refractivity contribution in [2.24, 2.45) is 5.16 Å². The Morgan fingerprint density at radius 2 is 2.25 bits per heavy atom. The molecule has 0 radical (unpaired) electrons. The van der Waals surface area contributed by atoms with Gasteiger partial charge in [0.05, 0.1) is 5.71 Å². The van der Waals surface area contributed by atoms with E-state index in [2.05, 4.69) is 5.16 Å². The molecule has 0 N–H and O–H groups in total. The van der Waals surface area contributed by atoms with Crippen LogP contribution in [0.1, 0.15) is 27.2 Å². The van der Waals surface area contributed by atoms with Gasteiger partial charge in [0, 0.05) is 6.42 Å². The van der Waals surface area contributed by atoms with Crippen LogP contribution in [0.5, 0.6) is 0 Å². The van der Waals surface area contributed by atoms with Crippen molar-refractivity contribution in [3.63, 3.8) is 0 Å². The standard InChI is InChI=1S/C6H11NO/c1-5-4-6(2,3)8-7-5/h4H2,1-3H3. The third-order valence-electron chi connectivity index (χ3n) is 1.13. The summed E-state index contributed by atoms with van der Waals surface area (Å²) in [5.41, 5.74) is 1.05. The largest absolute Gasteiger partial charge is 0.389 e. The Morgan fingerprint density at radius 3 is 2.38 bits per heavy atom. The average molecular weight is 113 g/mol. The van der Waals surface area contributed by atoms with Gasteiger partial charge in [-0.1, -0.05) is 5.16 Å². The molecule has 0 aliphatic carbocycles. The minimum atomic E-state index is -0.0376. The summed E-state index contributed by atoms with van der Waals surface area (Å²) >= 11 is 0. The lowest BCUT2D eigenvalue weighted by Gasteiger charge is -2.12. The van der Waals surface area contributed by atoms with Crippen molar-refractivity contribution >= 4 is 5.71 Å². The lowest BCUT2D eigenvalue weighted by molar-refractivity contribution is 0.0123. The van der Waals surface area contributed by atoms with E-state index in [1.807, 2.05) is 20.8 Å². The first-order chi connectivity index (χ1) is 3.60. The molecule has 0 unspecified atom stereocenters. The highest BCUT2D eigenvalue weighted by Crippen LogP contribution is 2.21. The Balaban J connectivity index is 2.55. The number of hydrogen-bond donors (Lipinski definition) is 0. The first kappa shape index (κ1) is 5.60. The molecule has 0 spiro atoms. The highest BCUT2D eigenvalue weighted by molar-refractivity contribution is 5.83. The predicted molar refractivity (Wildman–Crippen MR) is 32.9 cm³/mol. The Kier molecular flexibility index (Phi) is 1.03. The summed E-state index contributed by atoms with van der Waals surface area (Å²) in [6, 6.07) is 0. The van der Waals surface area contributed by atoms with Gasteiger partial charge in [-0.05, 0) is 20.8 Å². The summed E-state index contributed by atoms with van der Waals surface area (Å²) in [5.74, 6) is 0. The lowest BCUT2D eigenvalue weighted by Crippen LogP contribution is -2.17.